The molecule has 2 aromatic carbocycles. The van der Waals surface area contributed by atoms with E-state index in [0.29, 0.717) is 22.3 Å². The third-order valence-electron chi connectivity index (χ3n) is 3.40. The number of halogens is 2. The molecule has 0 N–H and O–H groups in total. The fraction of sp³-hybridized carbons (Fsp3) is 0.176. The third kappa shape index (κ3) is 4.03. The average molecular weight is 349 g/mol. The molecular formula is C17H14Cl2N2O2. The van der Waals surface area contributed by atoms with E-state index in [2.05, 4.69) is 5.10 Å². The summed E-state index contributed by atoms with van der Waals surface area (Å²) in [6.07, 6.45) is 0.735. The molecule has 0 saturated heterocycles. The lowest BCUT2D eigenvalue weighted by Gasteiger charge is -2.12. The minimum absolute atomic E-state index is 0.109. The maximum Gasteiger partial charge on any atom is 0.280 e. The second kappa shape index (κ2) is 7.02. The Balaban J connectivity index is 1.62. The molecule has 118 valence electrons. The van der Waals surface area contributed by atoms with Gasteiger partial charge in [0, 0.05) is 16.5 Å². The Morgan fingerprint density at radius 3 is 2.52 bits per heavy atom. The number of carbonyl (C=O) groups excluding carboxylic acids is 1. The Labute approximate surface area is 144 Å². The van der Waals surface area contributed by atoms with E-state index in [1.165, 1.54) is 5.01 Å². The monoisotopic (exact) mass is 348 g/mol. The van der Waals surface area contributed by atoms with E-state index in [1.54, 1.807) is 18.2 Å². The minimum Gasteiger partial charge on any atom is -0.484 e. The number of hydrogen-bond donors (Lipinski definition) is 0. The average Bonchev–Trinajstić information content (AvgIpc) is 3.03. The van der Waals surface area contributed by atoms with Gasteiger partial charge < -0.3 is 4.74 Å². The summed E-state index contributed by atoms with van der Waals surface area (Å²) in [4.78, 5) is 12.2. The van der Waals surface area contributed by atoms with Gasteiger partial charge in [0.05, 0.1) is 12.3 Å². The summed E-state index contributed by atoms with van der Waals surface area (Å²) < 4.78 is 5.45. The van der Waals surface area contributed by atoms with Crippen LogP contribution in [0.2, 0.25) is 10.0 Å². The molecule has 0 bridgehead atoms. The van der Waals surface area contributed by atoms with Crippen LogP contribution in [0.5, 0.6) is 5.75 Å². The molecule has 2 aromatic rings. The van der Waals surface area contributed by atoms with Gasteiger partial charge in [-0.3, -0.25) is 4.79 Å². The molecule has 4 nitrogen and oxygen atoms in total. The van der Waals surface area contributed by atoms with Crippen molar-refractivity contribution in [3.63, 3.8) is 0 Å². The number of nitrogens with zero attached hydrogens (tertiary/aromatic N) is 2. The number of ether oxygens (including phenoxy) is 1. The van der Waals surface area contributed by atoms with Crippen molar-refractivity contribution in [3.05, 3.63) is 64.1 Å². The summed E-state index contributed by atoms with van der Waals surface area (Å²) >= 11 is 11.8. The van der Waals surface area contributed by atoms with Crippen molar-refractivity contribution in [3.8, 4) is 5.75 Å². The lowest BCUT2D eigenvalue weighted by molar-refractivity contribution is -0.132. The molecule has 1 aliphatic heterocycles. The predicted octanol–water partition coefficient (Wildman–Crippen LogP) is 4.01. The molecule has 6 heteroatoms. The first-order chi connectivity index (χ1) is 11.1. The van der Waals surface area contributed by atoms with E-state index in [9.17, 15) is 4.79 Å². The van der Waals surface area contributed by atoms with Crippen LogP contribution in [-0.4, -0.2) is 29.8 Å². The fourth-order valence-corrected chi connectivity index (χ4v) is 2.81. The molecule has 0 aliphatic carbocycles. The summed E-state index contributed by atoms with van der Waals surface area (Å²) in [5.41, 5.74) is 1.94. The molecule has 0 radical (unpaired) electrons. The molecule has 1 amide bonds. The van der Waals surface area contributed by atoms with Gasteiger partial charge in [-0.2, -0.15) is 5.10 Å². The molecule has 0 saturated carbocycles. The van der Waals surface area contributed by atoms with Gasteiger partial charge in [-0.25, -0.2) is 5.01 Å². The number of hydrogen-bond acceptors (Lipinski definition) is 3. The lowest BCUT2D eigenvalue weighted by atomic mass is 10.1. The molecule has 1 heterocycles. The second-order valence-corrected chi connectivity index (χ2v) is 5.95. The molecule has 0 aromatic heterocycles. The van der Waals surface area contributed by atoms with Crippen molar-refractivity contribution < 1.29 is 9.53 Å². The standard InChI is InChI=1S/C17H14Cl2N2O2/c18-13-8-14(19)10-15(9-13)23-11-17(22)21-7-6-16(20-21)12-4-2-1-3-5-12/h1-5,8-10H,6-7,11H2. The van der Waals surface area contributed by atoms with Crippen LogP contribution >= 0.6 is 23.2 Å². The van der Waals surface area contributed by atoms with Gasteiger partial charge in [0.2, 0.25) is 0 Å². The summed E-state index contributed by atoms with van der Waals surface area (Å²) in [6.45, 7) is 0.449. The van der Waals surface area contributed by atoms with E-state index in [0.717, 1.165) is 17.7 Å². The summed E-state index contributed by atoms with van der Waals surface area (Å²) in [7, 11) is 0. The smallest absolute Gasteiger partial charge is 0.280 e. The third-order valence-corrected chi connectivity index (χ3v) is 3.83. The van der Waals surface area contributed by atoms with E-state index in [1.807, 2.05) is 30.3 Å². The van der Waals surface area contributed by atoms with Crippen molar-refractivity contribution in [1.29, 1.82) is 0 Å². The maximum atomic E-state index is 12.2. The zero-order valence-corrected chi connectivity index (χ0v) is 13.7. The fourth-order valence-electron chi connectivity index (χ4n) is 2.30. The van der Waals surface area contributed by atoms with Crippen molar-refractivity contribution in [2.24, 2.45) is 5.10 Å². The molecule has 3 rings (SSSR count). The van der Waals surface area contributed by atoms with Gasteiger partial charge in [0.1, 0.15) is 5.75 Å². The van der Waals surface area contributed by atoms with Crippen LogP contribution in [-0.2, 0) is 4.79 Å². The first-order valence-electron chi connectivity index (χ1n) is 7.14. The highest BCUT2D eigenvalue weighted by Crippen LogP contribution is 2.24. The highest BCUT2D eigenvalue weighted by molar-refractivity contribution is 6.34. The number of amides is 1. The summed E-state index contributed by atoms with van der Waals surface area (Å²) in [5.74, 6) is 0.259. The molecule has 23 heavy (non-hydrogen) atoms. The Kier molecular flexibility index (Phi) is 4.84. The molecule has 0 fully saturated rings. The van der Waals surface area contributed by atoms with Crippen LogP contribution in [0.4, 0.5) is 0 Å². The van der Waals surface area contributed by atoms with Crippen molar-refractivity contribution in [2.75, 3.05) is 13.2 Å². The van der Waals surface area contributed by atoms with Gasteiger partial charge >= 0.3 is 0 Å². The SMILES string of the molecule is O=C(COc1cc(Cl)cc(Cl)c1)N1CCC(c2ccccc2)=N1. The van der Waals surface area contributed by atoms with Crippen molar-refractivity contribution in [2.45, 2.75) is 6.42 Å². The van der Waals surface area contributed by atoms with Gasteiger partial charge in [0.25, 0.3) is 5.91 Å². The zero-order chi connectivity index (χ0) is 16.2. The maximum absolute atomic E-state index is 12.2. The van der Waals surface area contributed by atoms with Crippen LogP contribution in [0.15, 0.2) is 53.6 Å². The van der Waals surface area contributed by atoms with Gasteiger partial charge in [-0.1, -0.05) is 53.5 Å². The molecule has 0 spiro atoms. The van der Waals surface area contributed by atoms with Crippen molar-refractivity contribution in [1.82, 2.24) is 5.01 Å². The molecule has 0 unspecified atom stereocenters. The summed E-state index contributed by atoms with van der Waals surface area (Å²) in [6, 6.07) is 14.7. The molecule has 1 aliphatic rings. The van der Waals surface area contributed by atoms with Gasteiger partial charge in [-0.15, -0.1) is 0 Å². The number of benzene rings is 2. The normalized spacial score (nSPS) is 13.8. The number of rotatable bonds is 4. The van der Waals surface area contributed by atoms with Crippen LogP contribution < -0.4 is 4.74 Å². The van der Waals surface area contributed by atoms with Crippen LogP contribution in [0.1, 0.15) is 12.0 Å². The Bertz CT molecular complexity index is 727. The Morgan fingerprint density at radius 2 is 1.83 bits per heavy atom. The Morgan fingerprint density at radius 1 is 1.13 bits per heavy atom. The topological polar surface area (TPSA) is 41.9 Å². The quantitative estimate of drug-likeness (QED) is 0.837. The minimum atomic E-state index is -0.202. The zero-order valence-electron chi connectivity index (χ0n) is 12.2. The Hall–Kier alpha value is -2.04. The van der Waals surface area contributed by atoms with Crippen LogP contribution in [0, 0.1) is 0 Å². The van der Waals surface area contributed by atoms with E-state index >= 15 is 0 Å². The van der Waals surface area contributed by atoms with Gasteiger partial charge in [-0.05, 0) is 23.8 Å². The van der Waals surface area contributed by atoms with Crippen LogP contribution in [0.3, 0.4) is 0 Å². The lowest BCUT2D eigenvalue weighted by Crippen LogP contribution is -2.28. The highest BCUT2D eigenvalue weighted by Gasteiger charge is 2.21. The largest absolute Gasteiger partial charge is 0.484 e. The van der Waals surface area contributed by atoms with Gasteiger partial charge in [0.15, 0.2) is 6.61 Å². The molecular weight excluding hydrogens is 335 g/mol. The first-order valence-corrected chi connectivity index (χ1v) is 7.89. The van der Waals surface area contributed by atoms with E-state index < -0.39 is 0 Å². The second-order valence-electron chi connectivity index (χ2n) is 5.07. The molecule has 0 atom stereocenters. The van der Waals surface area contributed by atoms with E-state index in [4.69, 9.17) is 27.9 Å². The number of hydrazone groups is 1. The predicted molar refractivity (Wildman–Crippen MR) is 91.3 cm³/mol. The van der Waals surface area contributed by atoms with E-state index in [-0.39, 0.29) is 12.5 Å². The number of carbonyl (C=O) groups is 1. The highest BCUT2D eigenvalue weighted by atomic mass is 35.5. The van der Waals surface area contributed by atoms with Crippen LogP contribution in [0.25, 0.3) is 0 Å². The summed E-state index contributed by atoms with van der Waals surface area (Å²) in [5, 5.41) is 6.74. The van der Waals surface area contributed by atoms with Crippen molar-refractivity contribution >= 4 is 34.8 Å². The first kappa shape index (κ1) is 15.8.